The quantitative estimate of drug-likeness (QED) is 0.422. The molecule has 1 N–H and O–H groups in total. The van der Waals surface area contributed by atoms with Gasteiger partial charge in [-0.05, 0) is 18.8 Å². The van der Waals surface area contributed by atoms with Gasteiger partial charge in [-0.1, -0.05) is 27.2 Å². The SMILES string of the molecule is CCCCOC(=O)C(CC(C)C)NC(=O)C(F)(F)C(F)(F)F. The van der Waals surface area contributed by atoms with E-state index in [2.05, 4.69) is 0 Å². The van der Waals surface area contributed by atoms with E-state index in [4.69, 9.17) is 4.74 Å². The van der Waals surface area contributed by atoms with Crippen molar-refractivity contribution in [3.63, 3.8) is 0 Å². The summed E-state index contributed by atoms with van der Waals surface area (Å²) in [6, 6.07) is -1.54. The van der Waals surface area contributed by atoms with E-state index in [0.29, 0.717) is 12.8 Å². The molecule has 4 nitrogen and oxygen atoms in total. The lowest BCUT2D eigenvalue weighted by Gasteiger charge is -2.23. The average molecular weight is 333 g/mol. The maximum absolute atomic E-state index is 12.9. The van der Waals surface area contributed by atoms with Gasteiger partial charge in [-0.3, -0.25) is 4.79 Å². The van der Waals surface area contributed by atoms with Crippen LogP contribution in [0.3, 0.4) is 0 Å². The molecule has 1 atom stereocenters. The van der Waals surface area contributed by atoms with Crippen LogP contribution in [-0.2, 0) is 14.3 Å². The van der Waals surface area contributed by atoms with Crippen molar-refractivity contribution in [1.82, 2.24) is 5.32 Å². The van der Waals surface area contributed by atoms with Crippen molar-refractivity contribution in [1.29, 1.82) is 0 Å². The molecule has 0 spiro atoms. The Balaban J connectivity index is 4.92. The average Bonchev–Trinajstić information content (AvgIpc) is 2.36. The van der Waals surface area contributed by atoms with Gasteiger partial charge in [0.25, 0.3) is 0 Å². The monoisotopic (exact) mass is 333 g/mol. The first kappa shape index (κ1) is 20.6. The van der Waals surface area contributed by atoms with Crippen LogP contribution in [0.4, 0.5) is 22.0 Å². The van der Waals surface area contributed by atoms with E-state index < -0.39 is 30.0 Å². The summed E-state index contributed by atoms with van der Waals surface area (Å²) in [5.41, 5.74) is 0. The molecule has 130 valence electrons. The fraction of sp³-hybridized carbons (Fsp3) is 0.846. The minimum Gasteiger partial charge on any atom is -0.464 e. The Morgan fingerprint density at radius 3 is 2.09 bits per heavy atom. The first-order chi connectivity index (χ1) is 9.93. The van der Waals surface area contributed by atoms with Crippen molar-refractivity contribution in [2.75, 3.05) is 6.61 Å². The van der Waals surface area contributed by atoms with E-state index in [0.717, 1.165) is 0 Å². The normalized spacial score (nSPS) is 13.9. The van der Waals surface area contributed by atoms with Gasteiger partial charge in [0.15, 0.2) is 0 Å². The molecule has 0 aromatic rings. The third kappa shape index (κ3) is 6.15. The van der Waals surface area contributed by atoms with Gasteiger partial charge >= 0.3 is 24.0 Å². The highest BCUT2D eigenvalue weighted by Crippen LogP contribution is 2.35. The second-order valence-electron chi connectivity index (χ2n) is 5.25. The second kappa shape index (κ2) is 8.28. The molecule has 0 saturated carbocycles. The number of carbonyl (C=O) groups is 2. The number of unbranched alkanes of at least 4 members (excludes halogenated alkanes) is 1. The largest absolute Gasteiger partial charge is 0.464 e. The molecular weight excluding hydrogens is 313 g/mol. The molecule has 0 aliphatic heterocycles. The van der Waals surface area contributed by atoms with E-state index in [9.17, 15) is 31.5 Å². The Morgan fingerprint density at radius 1 is 1.14 bits per heavy atom. The van der Waals surface area contributed by atoms with Crippen LogP contribution < -0.4 is 5.32 Å². The molecule has 0 aliphatic carbocycles. The van der Waals surface area contributed by atoms with E-state index in [1.807, 2.05) is 6.92 Å². The van der Waals surface area contributed by atoms with Crippen LogP contribution in [0.25, 0.3) is 0 Å². The Labute approximate surface area is 125 Å². The summed E-state index contributed by atoms with van der Waals surface area (Å²) in [4.78, 5) is 22.9. The minimum atomic E-state index is -6.02. The molecule has 9 heteroatoms. The molecule has 0 radical (unpaired) electrons. The zero-order valence-corrected chi connectivity index (χ0v) is 12.6. The number of halogens is 5. The van der Waals surface area contributed by atoms with Gasteiger partial charge in [0.1, 0.15) is 6.04 Å². The maximum atomic E-state index is 12.9. The Kier molecular flexibility index (Phi) is 7.75. The summed E-state index contributed by atoms with van der Waals surface area (Å²) in [5.74, 6) is -9.36. The van der Waals surface area contributed by atoms with Crippen molar-refractivity contribution in [3.05, 3.63) is 0 Å². The zero-order chi connectivity index (χ0) is 17.6. The molecule has 0 fully saturated rings. The molecule has 0 aliphatic rings. The first-order valence-corrected chi connectivity index (χ1v) is 6.85. The number of nitrogens with one attached hydrogen (secondary N) is 1. The van der Waals surface area contributed by atoms with Crippen molar-refractivity contribution < 1.29 is 36.3 Å². The Hall–Kier alpha value is -1.41. The molecule has 0 bridgehead atoms. The highest BCUT2D eigenvalue weighted by atomic mass is 19.4. The third-order valence-electron chi connectivity index (χ3n) is 2.68. The number of hydrogen-bond acceptors (Lipinski definition) is 3. The molecule has 22 heavy (non-hydrogen) atoms. The number of alkyl halides is 5. The fourth-order valence-corrected chi connectivity index (χ4v) is 1.48. The lowest BCUT2D eigenvalue weighted by Crippen LogP contribution is -2.55. The minimum absolute atomic E-state index is 0.00939. The van der Waals surface area contributed by atoms with Gasteiger partial charge in [-0.15, -0.1) is 0 Å². The molecule has 0 aromatic carbocycles. The van der Waals surface area contributed by atoms with Crippen LogP contribution in [-0.4, -0.2) is 36.6 Å². The van der Waals surface area contributed by atoms with E-state index >= 15 is 0 Å². The molecule has 0 rings (SSSR count). The van der Waals surface area contributed by atoms with E-state index in [1.165, 1.54) is 5.32 Å². The summed E-state index contributed by atoms with van der Waals surface area (Å²) in [6.45, 7) is 5.08. The van der Waals surface area contributed by atoms with Crippen LogP contribution in [0.5, 0.6) is 0 Å². The smallest absolute Gasteiger partial charge is 0.463 e. The standard InChI is InChI=1S/C13H20F5NO3/c1-4-5-6-22-10(20)9(7-8(2)3)19-11(21)12(14,15)13(16,17)18/h8-9H,4-7H2,1-3H3,(H,19,21). The number of amides is 1. The topological polar surface area (TPSA) is 55.4 Å². The summed E-state index contributed by atoms with van der Waals surface area (Å²) >= 11 is 0. The van der Waals surface area contributed by atoms with Crippen molar-refractivity contribution >= 4 is 11.9 Å². The van der Waals surface area contributed by atoms with Crippen molar-refractivity contribution in [3.8, 4) is 0 Å². The molecule has 1 unspecified atom stereocenters. The van der Waals surface area contributed by atoms with Gasteiger partial charge in [-0.2, -0.15) is 22.0 Å². The number of esters is 1. The van der Waals surface area contributed by atoms with Gasteiger partial charge < -0.3 is 10.1 Å². The highest BCUT2D eigenvalue weighted by molar-refractivity contribution is 5.89. The van der Waals surface area contributed by atoms with Crippen LogP contribution in [0.2, 0.25) is 0 Å². The summed E-state index contributed by atoms with van der Waals surface area (Å²) in [5, 5.41) is 1.44. The van der Waals surface area contributed by atoms with E-state index in [1.54, 1.807) is 13.8 Å². The number of rotatable bonds is 8. The first-order valence-electron chi connectivity index (χ1n) is 6.85. The Bertz CT molecular complexity index is 382. The van der Waals surface area contributed by atoms with Crippen LogP contribution in [0.1, 0.15) is 40.0 Å². The maximum Gasteiger partial charge on any atom is 0.463 e. The highest BCUT2D eigenvalue weighted by Gasteiger charge is 2.63. The Morgan fingerprint density at radius 2 is 1.68 bits per heavy atom. The molecule has 1 amide bonds. The lowest BCUT2D eigenvalue weighted by atomic mass is 10.0. The number of ether oxygens (including phenoxy) is 1. The summed E-state index contributed by atoms with van der Waals surface area (Å²) in [7, 11) is 0. The summed E-state index contributed by atoms with van der Waals surface area (Å²) in [6.07, 6.45) is -4.90. The van der Waals surface area contributed by atoms with Crippen molar-refractivity contribution in [2.45, 2.75) is 58.2 Å². The van der Waals surface area contributed by atoms with Gasteiger partial charge in [0.05, 0.1) is 6.61 Å². The van der Waals surface area contributed by atoms with Gasteiger partial charge in [0, 0.05) is 0 Å². The zero-order valence-electron chi connectivity index (χ0n) is 12.6. The predicted molar refractivity (Wildman–Crippen MR) is 68.3 cm³/mol. The third-order valence-corrected chi connectivity index (χ3v) is 2.68. The van der Waals surface area contributed by atoms with Crippen LogP contribution >= 0.6 is 0 Å². The van der Waals surface area contributed by atoms with E-state index in [-0.39, 0.29) is 18.9 Å². The molecule has 0 saturated heterocycles. The number of hydrogen-bond donors (Lipinski definition) is 1. The molecular formula is C13H20F5NO3. The second-order valence-corrected chi connectivity index (χ2v) is 5.25. The number of carbonyl (C=O) groups excluding carboxylic acids is 2. The molecule has 0 heterocycles. The van der Waals surface area contributed by atoms with Crippen LogP contribution in [0.15, 0.2) is 0 Å². The van der Waals surface area contributed by atoms with Crippen molar-refractivity contribution in [2.24, 2.45) is 5.92 Å². The predicted octanol–water partition coefficient (Wildman–Crippen LogP) is 3.06. The van der Waals surface area contributed by atoms with Gasteiger partial charge in [0.2, 0.25) is 0 Å². The van der Waals surface area contributed by atoms with Crippen LogP contribution in [0, 0.1) is 5.92 Å². The lowest BCUT2D eigenvalue weighted by molar-refractivity contribution is -0.270. The molecule has 0 aromatic heterocycles. The fourth-order valence-electron chi connectivity index (χ4n) is 1.48. The summed E-state index contributed by atoms with van der Waals surface area (Å²) < 4.78 is 66.9. The van der Waals surface area contributed by atoms with Gasteiger partial charge in [-0.25, -0.2) is 4.79 Å².